The number of carbonyl (C=O) groups is 1. The van der Waals surface area contributed by atoms with Crippen LogP contribution in [0.15, 0.2) is 18.2 Å². The molecule has 90 valence electrons. The minimum Gasteiger partial charge on any atom is -0.497 e. The zero-order valence-electron chi connectivity index (χ0n) is 9.65. The predicted octanol–water partition coefficient (Wildman–Crippen LogP) is 2.67. The van der Waals surface area contributed by atoms with Crippen LogP contribution in [0.5, 0.6) is 5.75 Å². The second-order valence-electron chi connectivity index (χ2n) is 3.42. The smallest absolute Gasteiger partial charge is 0.341 e. The maximum atomic E-state index is 11.8. The zero-order valence-corrected chi connectivity index (χ0v) is 10.5. The van der Waals surface area contributed by atoms with Gasteiger partial charge >= 0.3 is 5.97 Å². The molecule has 1 aromatic carbocycles. The van der Waals surface area contributed by atoms with Gasteiger partial charge in [-0.3, -0.25) is 0 Å². The first-order chi connectivity index (χ1) is 8.17. The molecule has 5 heteroatoms. The molecule has 2 N–H and O–H groups in total. The second-order valence-corrected chi connectivity index (χ2v) is 4.51. The second kappa shape index (κ2) is 4.63. The molecular weight excluding hydrogens is 238 g/mol. The molecular formula is C12H13NO3S. The number of nitrogen functional groups attached to an aromatic ring is 1. The molecule has 0 radical (unpaired) electrons. The molecule has 0 fully saturated rings. The fraction of sp³-hybridized carbons (Fsp3) is 0.250. The molecule has 0 aliphatic carbocycles. The molecule has 2 rings (SSSR count). The van der Waals surface area contributed by atoms with Gasteiger partial charge in [0, 0.05) is 10.1 Å². The molecule has 0 saturated heterocycles. The maximum absolute atomic E-state index is 11.8. The van der Waals surface area contributed by atoms with E-state index in [2.05, 4.69) is 0 Å². The molecule has 0 bridgehead atoms. The Hall–Kier alpha value is -1.75. The summed E-state index contributed by atoms with van der Waals surface area (Å²) in [5, 5.41) is 1.29. The molecule has 1 heterocycles. The molecule has 2 aromatic rings. The van der Waals surface area contributed by atoms with Crippen molar-refractivity contribution < 1.29 is 14.3 Å². The van der Waals surface area contributed by atoms with Gasteiger partial charge in [-0.15, -0.1) is 11.3 Å². The molecule has 0 aliphatic heterocycles. The van der Waals surface area contributed by atoms with Crippen molar-refractivity contribution >= 4 is 32.4 Å². The predicted molar refractivity (Wildman–Crippen MR) is 68.7 cm³/mol. The number of benzene rings is 1. The number of ether oxygens (including phenoxy) is 2. The summed E-state index contributed by atoms with van der Waals surface area (Å²) in [5.74, 6) is 0.371. The molecule has 0 spiro atoms. The van der Waals surface area contributed by atoms with Crippen LogP contribution in [-0.2, 0) is 4.74 Å². The van der Waals surface area contributed by atoms with Crippen LogP contribution in [0.1, 0.15) is 17.3 Å². The van der Waals surface area contributed by atoms with Crippen molar-refractivity contribution in [3.8, 4) is 5.75 Å². The van der Waals surface area contributed by atoms with Crippen molar-refractivity contribution in [2.75, 3.05) is 19.5 Å². The highest BCUT2D eigenvalue weighted by Gasteiger charge is 2.18. The first-order valence-corrected chi connectivity index (χ1v) is 6.02. The summed E-state index contributed by atoms with van der Waals surface area (Å²) in [5.41, 5.74) is 6.31. The zero-order chi connectivity index (χ0) is 12.4. The SMILES string of the molecule is CCOC(=O)c1c(N)sc2cc(OC)ccc12. The van der Waals surface area contributed by atoms with E-state index >= 15 is 0 Å². The number of fused-ring (bicyclic) bond motifs is 1. The number of carbonyl (C=O) groups excluding carboxylic acids is 1. The molecule has 0 aliphatic rings. The van der Waals surface area contributed by atoms with Crippen LogP contribution in [-0.4, -0.2) is 19.7 Å². The summed E-state index contributed by atoms with van der Waals surface area (Å²) in [6.45, 7) is 2.11. The number of nitrogens with two attached hydrogens (primary N) is 1. The van der Waals surface area contributed by atoms with Crippen molar-refractivity contribution in [3.05, 3.63) is 23.8 Å². The minimum absolute atomic E-state index is 0.339. The average molecular weight is 251 g/mol. The number of anilines is 1. The van der Waals surface area contributed by atoms with Crippen LogP contribution in [0.4, 0.5) is 5.00 Å². The summed E-state index contributed by atoms with van der Waals surface area (Å²) in [6.07, 6.45) is 0. The Morgan fingerprint density at radius 1 is 1.47 bits per heavy atom. The largest absolute Gasteiger partial charge is 0.497 e. The standard InChI is InChI=1S/C12H13NO3S/c1-3-16-12(14)10-8-5-4-7(15-2)6-9(8)17-11(10)13/h4-6H,3,13H2,1-2H3. The molecule has 0 atom stereocenters. The first-order valence-electron chi connectivity index (χ1n) is 5.20. The van der Waals surface area contributed by atoms with E-state index in [9.17, 15) is 4.79 Å². The van der Waals surface area contributed by atoms with E-state index in [0.717, 1.165) is 15.8 Å². The molecule has 1 aromatic heterocycles. The van der Waals surface area contributed by atoms with Crippen molar-refractivity contribution in [1.29, 1.82) is 0 Å². The van der Waals surface area contributed by atoms with Crippen molar-refractivity contribution in [2.45, 2.75) is 6.92 Å². The van der Waals surface area contributed by atoms with E-state index < -0.39 is 0 Å². The Balaban J connectivity index is 2.56. The summed E-state index contributed by atoms with van der Waals surface area (Å²) >= 11 is 1.36. The Morgan fingerprint density at radius 3 is 2.88 bits per heavy atom. The average Bonchev–Trinajstić information content (AvgIpc) is 2.64. The number of thiophene rings is 1. The molecule has 4 nitrogen and oxygen atoms in total. The molecule has 17 heavy (non-hydrogen) atoms. The van der Waals surface area contributed by atoms with E-state index in [4.69, 9.17) is 15.2 Å². The summed E-state index contributed by atoms with van der Waals surface area (Å²) in [6, 6.07) is 5.49. The fourth-order valence-electron chi connectivity index (χ4n) is 1.64. The number of hydrogen-bond acceptors (Lipinski definition) is 5. The van der Waals surface area contributed by atoms with E-state index in [1.165, 1.54) is 11.3 Å². The Bertz CT molecular complexity index is 562. The quantitative estimate of drug-likeness (QED) is 0.852. The van der Waals surface area contributed by atoms with Crippen LogP contribution in [0.25, 0.3) is 10.1 Å². The van der Waals surface area contributed by atoms with Gasteiger partial charge in [0.1, 0.15) is 16.3 Å². The fourth-order valence-corrected chi connectivity index (χ4v) is 2.62. The molecule has 0 amide bonds. The topological polar surface area (TPSA) is 61.5 Å². The first kappa shape index (κ1) is 11.7. The summed E-state index contributed by atoms with van der Waals surface area (Å²) < 4.78 is 11.0. The van der Waals surface area contributed by atoms with Crippen LogP contribution in [0, 0.1) is 0 Å². The summed E-state index contributed by atoms with van der Waals surface area (Å²) in [7, 11) is 1.60. The lowest BCUT2D eigenvalue weighted by Crippen LogP contribution is -2.05. The van der Waals surface area contributed by atoms with Gasteiger partial charge in [0.25, 0.3) is 0 Å². The van der Waals surface area contributed by atoms with Gasteiger partial charge in [-0.25, -0.2) is 4.79 Å². The van der Waals surface area contributed by atoms with Gasteiger partial charge in [0.15, 0.2) is 0 Å². The normalized spacial score (nSPS) is 10.5. The highest BCUT2D eigenvalue weighted by molar-refractivity contribution is 7.23. The van der Waals surface area contributed by atoms with Crippen LogP contribution in [0.3, 0.4) is 0 Å². The lowest BCUT2D eigenvalue weighted by molar-refractivity contribution is 0.0530. The Kier molecular flexibility index (Phi) is 3.19. The van der Waals surface area contributed by atoms with Crippen molar-refractivity contribution in [1.82, 2.24) is 0 Å². The van der Waals surface area contributed by atoms with Crippen molar-refractivity contribution in [3.63, 3.8) is 0 Å². The number of rotatable bonds is 3. The van der Waals surface area contributed by atoms with Gasteiger partial charge < -0.3 is 15.2 Å². The van der Waals surface area contributed by atoms with Crippen molar-refractivity contribution in [2.24, 2.45) is 0 Å². The maximum Gasteiger partial charge on any atom is 0.341 e. The number of hydrogen-bond donors (Lipinski definition) is 1. The third-order valence-electron chi connectivity index (χ3n) is 2.40. The van der Waals surface area contributed by atoms with Gasteiger partial charge in [-0.1, -0.05) is 0 Å². The van der Waals surface area contributed by atoms with Gasteiger partial charge in [-0.05, 0) is 25.1 Å². The lowest BCUT2D eigenvalue weighted by Gasteiger charge is -2.02. The van der Waals surface area contributed by atoms with E-state index in [1.54, 1.807) is 20.1 Å². The van der Waals surface area contributed by atoms with Crippen LogP contribution >= 0.6 is 11.3 Å². The van der Waals surface area contributed by atoms with Gasteiger partial charge in [0.05, 0.1) is 13.7 Å². The van der Waals surface area contributed by atoms with Crippen LogP contribution < -0.4 is 10.5 Å². The van der Waals surface area contributed by atoms with E-state index in [1.807, 2.05) is 12.1 Å². The molecule has 0 saturated carbocycles. The van der Waals surface area contributed by atoms with E-state index in [-0.39, 0.29) is 5.97 Å². The Labute approximate surface area is 103 Å². The van der Waals surface area contributed by atoms with Crippen LogP contribution in [0.2, 0.25) is 0 Å². The van der Waals surface area contributed by atoms with Gasteiger partial charge in [0.2, 0.25) is 0 Å². The molecule has 0 unspecified atom stereocenters. The number of methoxy groups -OCH3 is 1. The van der Waals surface area contributed by atoms with Gasteiger partial charge in [-0.2, -0.15) is 0 Å². The Morgan fingerprint density at radius 2 is 2.24 bits per heavy atom. The third-order valence-corrected chi connectivity index (χ3v) is 3.39. The highest BCUT2D eigenvalue weighted by atomic mass is 32.1. The highest BCUT2D eigenvalue weighted by Crippen LogP contribution is 2.36. The monoisotopic (exact) mass is 251 g/mol. The minimum atomic E-state index is -0.374. The number of esters is 1. The van der Waals surface area contributed by atoms with E-state index in [0.29, 0.717) is 17.2 Å². The summed E-state index contributed by atoms with van der Waals surface area (Å²) in [4.78, 5) is 11.8. The lowest BCUT2D eigenvalue weighted by atomic mass is 10.1. The third kappa shape index (κ3) is 2.06.